The normalized spacial score (nSPS) is 0. The van der Waals surface area contributed by atoms with Crippen LogP contribution in [-0.4, -0.2) is 43.6 Å². The van der Waals surface area contributed by atoms with Gasteiger partial charge < -0.3 is 0 Å². The van der Waals surface area contributed by atoms with E-state index in [1.54, 1.807) is 0 Å². The third kappa shape index (κ3) is 9.29. The molecule has 0 saturated carbocycles. The molecule has 0 aliphatic carbocycles. The summed E-state index contributed by atoms with van der Waals surface area (Å²) >= 11 is 0. The Hall–Kier alpha value is 3.86. The van der Waals surface area contributed by atoms with E-state index in [1.807, 2.05) is 0 Å². The van der Waals surface area contributed by atoms with Gasteiger partial charge in [-0.25, -0.2) is 0 Å². The minimum Gasteiger partial charge on any atom is 0 e. The van der Waals surface area contributed by atoms with Crippen LogP contribution in [0.25, 0.3) is 0 Å². The smallest absolute Gasteiger partial charge is 0 e. The Kier molecular flexibility index (Phi) is 98.2. The van der Waals surface area contributed by atoms with E-state index in [9.17, 15) is 0 Å². The fourth-order valence-electron chi connectivity index (χ4n) is 0. The monoisotopic (exact) mass is 541 g/mol. The predicted molar refractivity (Wildman–Crippen MR) is 11.5 cm³/mol. The molecular weight excluding hydrogens is 542 g/mol. The van der Waals surface area contributed by atoms with E-state index in [-0.39, 0.29) is 116 Å². The summed E-state index contributed by atoms with van der Waals surface area (Å²) in [7, 11) is 0. The van der Waals surface area contributed by atoms with Crippen molar-refractivity contribution in [2.24, 2.45) is 0 Å². The van der Waals surface area contributed by atoms with E-state index in [1.165, 1.54) is 0 Å². The topological polar surface area (TPSA) is 0 Å². The minimum absolute atomic E-state index is 0. The van der Waals surface area contributed by atoms with Crippen LogP contribution in [0.5, 0.6) is 0 Å². The quantitative estimate of drug-likeness (QED) is 0.354. The zero-order valence-electron chi connectivity index (χ0n) is 1.89. The van der Waals surface area contributed by atoms with Crippen LogP contribution in [0.2, 0.25) is 0 Å². The molecule has 0 spiro atoms. The maximum atomic E-state index is 0. The van der Waals surface area contributed by atoms with Gasteiger partial charge in [-0.1, -0.05) is 0 Å². The van der Waals surface area contributed by atoms with Crippen molar-refractivity contribution >= 4 is 43.6 Å². The zero-order chi connectivity index (χ0) is 0. The van der Waals surface area contributed by atoms with Crippen LogP contribution in [0.1, 0.15) is 0 Å². The van der Waals surface area contributed by atoms with Crippen molar-refractivity contribution in [3.8, 4) is 0 Å². The molecule has 7 radical (unpaired) electrons. The van der Waals surface area contributed by atoms with E-state index in [0.717, 1.165) is 0 Å². The Bertz CT molecular complexity index is 8.00. The summed E-state index contributed by atoms with van der Waals surface area (Å²) in [5, 5.41) is 0. The molecule has 0 saturated heterocycles. The maximum absolute atomic E-state index is 0. The van der Waals surface area contributed by atoms with Crippen molar-refractivity contribution in [1.82, 2.24) is 0 Å². The largest absolute Gasteiger partial charge is 0 e. The Balaban J connectivity index is 0. The van der Waals surface area contributed by atoms with Crippen LogP contribution in [-0.2, 0) is 0 Å². The molecule has 0 unspecified atom stereocenters. The second kappa shape index (κ2) is 15.8. The average molecular weight is 542 g/mol. The van der Waals surface area contributed by atoms with E-state index >= 15 is 0 Å². The second-order valence-corrected chi connectivity index (χ2v) is 0. The van der Waals surface area contributed by atoms with E-state index < -0.39 is 0 Å². The van der Waals surface area contributed by atoms with Gasteiger partial charge in [0.2, 0.25) is 0 Å². The van der Waals surface area contributed by atoms with Gasteiger partial charge in [0.05, 0.1) is 0 Å². The molecule has 4 heteroatoms. The van der Waals surface area contributed by atoms with Gasteiger partial charge in [0.25, 0.3) is 0 Å². The third-order valence-corrected chi connectivity index (χ3v) is 0. The second-order valence-electron chi connectivity index (χ2n) is 0. The van der Waals surface area contributed by atoms with E-state index in [4.69, 9.17) is 0 Å². The molecule has 4 heavy (non-hydrogen) atoms. The molecule has 0 fully saturated rings. The fraction of sp³-hybridized carbons (Fsp3) is 0. The zero-order valence-corrected chi connectivity index (χ0v) is 12.0. The molecule has 0 aliphatic heterocycles. The van der Waals surface area contributed by atoms with Gasteiger partial charge >= 0.3 is 0 Å². The van der Waals surface area contributed by atoms with Crippen molar-refractivity contribution in [3.63, 3.8) is 0 Å². The van der Waals surface area contributed by atoms with Crippen LogP contribution < -0.4 is 0 Å². The first-order valence-corrected chi connectivity index (χ1v) is 0. The van der Waals surface area contributed by atoms with Crippen LogP contribution in [0.3, 0.4) is 0 Å². The van der Waals surface area contributed by atoms with Gasteiger partial charge in [-0.3, -0.25) is 0 Å². The Morgan fingerprint density at radius 3 is 1.00 bits per heavy atom. The van der Waals surface area contributed by atoms with Gasteiger partial charge in [-0.2, -0.15) is 0 Å². The Morgan fingerprint density at radius 2 is 1.00 bits per heavy atom. The molecule has 0 nitrogen and oxygen atoms in total. The van der Waals surface area contributed by atoms with Crippen molar-refractivity contribution < 1.29 is 72.9 Å². The molecule has 0 amide bonds. The van der Waals surface area contributed by atoms with Crippen molar-refractivity contribution in [2.45, 2.75) is 0 Å². The summed E-state index contributed by atoms with van der Waals surface area (Å²) in [6.45, 7) is 0. The summed E-state index contributed by atoms with van der Waals surface area (Å²) in [5.41, 5.74) is 0. The average Bonchev–Trinajstić information content (AvgIpc) is 0. The number of hydrogen-bond donors (Lipinski definition) is 0. The van der Waals surface area contributed by atoms with Crippen molar-refractivity contribution in [2.75, 3.05) is 0 Å². The molecule has 0 aromatic carbocycles. The summed E-state index contributed by atoms with van der Waals surface area (Å²) in [6.07, 6.45) is 0. The van der Waals surface area contributed by atoms with Gasteiger partial charge in [-0.05, 0) is 0 Å². The van der Waals surface area contributed by atoms with Crippen LogP contribution in [0.15, 0.2) is 0 Å². The maximum Gasteiger partial charge on any atom is 0 e. The van der Waals surface area contributed by atoms with Gasteiger partial charge in [0.1, 0.15) is 0 Å². The number of hydrogen-bond acceptors (Lipinski definition) is 0. The molecule has 0 bridgehead atoms. The minimum atomic E-state index is 0. The van der Waals surface area contributed by atoms with E-state index in [2.05, 4.69) is 0 Å². The SMILES string of the molecule is [Al].[Bi].[Er].[La]. The molecule has 0 aliphatic rings. The van der Waals surface area contributed by atoms with Gasteiger partial charge in [-0.15, -0.1) is 0 Å². The first kappa shape index (κ1) is 24.8. The fourth-order valence-corrected chi connectivity index (χ4v) is 0. The molecule has 0 aromatic heterocycles. The predicted octanol–water partition coefficient (Wildman–Crippen LogP) is -0.762. The third-order valence-electron chi connectivity index (χ3n) is 0. The molecule has 0 atom stereocenters. The standard InChI is InChI=1S/Al.Bi.Er.La. The Labute approximate surface area is 113 Å². The molecular formula is AlBiErLa. The number of rotatable bonds is 0. The van der Waals surface area contributed by atoms with Crippen LogP contribution in [0, 0.1) is 72.9 Å². The molecule has 0 N–H and O–H groups in total. The Morgan fingerprint density at radius 1 is 1.00 bits per heavy atom. The van der Waals surface area contributed by atoms with Gasteiger partial charge in [0.15, 0.2) is 0 Å². The summed E-state index contributed by atoms with van der Waals surface area (Å²) in [5.74, 6) is 0. The van der Waals surface area contributed by atoms with Crippen molar-refractivity contribution in [3.05, 3.63) is 0 Å². The summed E-state index contributed by atoms with van der Waals surface area (Å²) in [6, 6.07) is 0. The summed E-state index contributed by atoms with van der Waals surface area (Å²) < 4.78 is 0. The molecule has 0 aromatic rings. The van der Waals surface area contributed by atoms with Crippen LogP contribution in [0.4, 0.5) is 0 Å². The van der Waals surface area contributed by atoms with Crippen LogP contribution >= 0.6 is 0 Å². The molecule has 23 valence electrons. The summed E-state index contributed by atoms with van der Waals surface area (Å²) in [4.78, 5) is 0. The first-order valence-electron chi connectivity index (χ1n) is 0. The van der Waals surface area contributed by atoms with Gasteiger partial charge in [0, 0.05) is 116 Å². The van der Waals surface area contributed by atoms with E-state index in [0.29, 0.717) is 0 Å². The molecule has 0 heterocycles. The molecule has 0 rings (SSSR count). The first-order chi connectivity index (χ1) is 0. The van der Waals surface area contributed by atoms with Crippen molar-refractivity contribution in [1.29, 1.82) is 0 Å².